The lowest BCUT2D eigenvalue weighted by molar-refractivity contribution is -0.270. The largest absolute Gasteiger partial charge is 0.495 e. The monoisotopic (exact) mass is 494 g/mol. The van der Waals surface area contributed by atoms with Gasteiger partial charge in [-0.1, -0.05) is 11.8 Å². The molecule has 0 saturated heterocycles. The number of ether oxygens (including phenoxy) is 2. The summed E-state index contributed by atoms with van der Waals surface area (Å²) >= 11 is -0.338. The Morgan fingerprint density at radius 2 is 2.00 bits per heavy atom. The average Bonchev–Trinajstić information content (AvgIpc) is 3.12. The van der Waals surface area contributed by atoms with Gasteiger partial charge in [-0.3, -0.25) is 9.20 Å². The Bertz CT molecular complexity index is 1350. The van der Waals surface area contributed by atoms with Crippen LogP contribution in [0.1, 0.15) is 15.9 Å². The summed E-state index contributed by atoms with van der Waals surface area (Å²) in [5.74, 6) is 5.16. The molecule has 1 amide bonds. The van der Waals surface area contributed by atoms with E-state index in [9.17, 15) is 22.4 Å². The maximum absolute atomic E-state index is 14.2. The van der Waals surface area contributed by atoms with E-state index in [4.69, 9.17) is 10.5 Å². The summed E-state index contributed by atoms with van der Waals surface area (Å²) in [6.07, 6.45) is -4.73. The molecule has 0 saturated carbocycles. The Balaban J connectivity index is 1.64. The number of carbonyl (C=O) groups excluding carboxylic acids is 1. The first kappa shape index (κ1) is 23.4. The fourth-order valence-corrected chi connectivity index (χ4v) is 4.19. The maximum Gasteiger partial charge on any atom is 0.476 e. The van der Waals surface area contributed by atoms with Gasteiger partial charge in [0.25, 0.3) is 5.91 Å². The second kappa shape index (κ2) is 8.57. The Labute approximate surface area is 195 Å². The molecule has 0 aliphatic carbocycles. The van der Waals surface area contributed by atoms with Gasteiger partial charge in [0.1, 0.15) is 10.8 Å². The van der Waals surface area contributed by atoms with Crippen molar-refractivity contribution in [2.75, 3.05) is 31.8 Å². The molecule has 1 aromatic carbocycles. The van der Waals surface area contributed by atoms with Crippen LogP contribution in [0.15, 0.2) is 41.4 Å². The van der Waals surface area contributed by atoms with E-state index in [2.05, 4.69) is 27.2 Å². The van der Waals surface area contributed by atoms with Crippen molar-refractivity contribution in [2.24, 2.45) is 0 Å². The smallest absolute Gasteiger partial charge is 0.476 e. The molecule has 1 aliphatic heterocycles. The Morgan fingerprint density at radius 3 is 2.71 bits per heavy atom. The second-order valence-corrected chi connectivity index (χ2v) is 8.20. The van der Waals surface area contributed by atoms with Gasteiger partial charge in [-0.05, 0) is 42.1 Å². The second-order valence-electron chi connectivity index (χ2n) is 7.10. The number of nitrogen functional groups attached to an aromatic ring is 1. The van der Waals surface area contributed by atoms with Crippen molar-refractivity contribution < 1.29 is 31.8 Å². The average molecular weight is 494 g/mol. The standard InChI is InChI=1S/C22H18F4N4O3S/c1-28-19(31)12-5-7-15(17(11-12)32-2)29-9-3-4-13-10-16-14(27)6-8-18-30(16)20(13)34-22(25,26)21(23,24)33-18/h5-8,10-11,29H,9,27H2,1-2H3,(H,28,31). The van der Waals surface area contributed by atoms with Crippen molar-refractivity contribution in [1.82, 2.24) is 9.72 Å². The van der Waals surface area contributed by atoms with Gasteiger partial charge in [-0.2, -0.15) is 17.6 Å². The summed E-state index contributed by atoms with van der Waals surface area (Å²) in [6.45, 7) is 0.0668. The highest BCUT2D eigenvalue weighted by atomic mass is 32.2. The summed E-state index contributed by atoms with van der Waals surface area (Å²) in [6, 6.07) is 8.62. The first-order valence-corrected chi connectivity index (χ1v) is 10.6. The minimum absolute atomic E-state index is 0.0668. The summed E-state index contributed by atoms with van der Waals surface area (Å²) in [5.41, 5.74) is 7.36. The fourth-order valence-electron chi connectivity index (χ4n) is 3.29. The van der Waals surface area contributed by atoms with Crippen LogP contribution < -0.4 is 25.8 Å². The lowest BCUT2D eigenvalue weighted by Gasteiger charge is -2.22. The molecule has 1 aliphatic rings. The molecule has 0 radical (unpaired) electrons. The van der Waals surface area contributed by atoms with Gasteiger partial charge in [0, 0.05) is 18.7 Å². The Hall–Kier alpha value is -3.72. The SMILES string of the molecule is CNC(=O)c1ccc(NCC#Cc2cc3c(N)ccc4n3c2SC(F)(F)C(F)(F)O4)c(OC)c1. The minimum atomic E-state index is -4.73. The topological polar surface area (TPSA) is 90.0 Å². The molecule has 0 atom stereocenters. The number of halogens is 4. The van der Waals surface area contributed by atoms with Crippen molar-refractivity contribution in [3.8, 4) is 23.5 Å². The van der Waals surface area contributed by atoms with Crippen LogP contribution in [0.3, 0.4) is 0 Å². The van der Waals surface area contributed by atoms with Crippen LogP contribution in [0.4, 0.5) is 28.9 Å². The quantitative estimate of drug-likeness (QED) is 0.375. The highest BCUT2D eigenvalue weighted by Crippen LogP contribution is 2.52. The van der Waals surface area contributed by atoms with Crippen LogP contribution in [0.25, 0.3) is 5.52 Å². The van der Waals surface area contributed by atoms with Crippen LogP contribution in [0.5, 0.6) is 11.6 Å². The molecule has 12 heteroatoms. The summed E-state index contributed by atoms with van der Waals surface area (Å²) < 4.78 is 67.2. The van der Waals surface area contributed by atoms with E-state index in [-0.39, 0.29) is 46.0 Å². The number of benzene rings is 1. The highest BCUT2D eigenvalue weighted by molar-refractivity contribution is 8.00. The van der Waals surface area contributed by atoms with E-state index in [1.54, 1.807) is 18.2 Å². The van der Waals surface area contributed by atoms with Gasteiger partial charge in [-0.15, -0.1) is 0 Å². The lowest BCUT2D eigenvalue weighted by Crippen LogP contribution is -2.42. The first-order valence-electron chi connectivity index (χ1n) is 9.78. The molecular weight excluding hydrogens is 476 g/mol. The molecule has 2 aromatic heterocycles. The molecule has 3 aromatic rings. The zero-order chi connectivity index (χ0) is 24.7. The Morgan fingerprint density at radius 1 is 1.24 bits per heavy atom. The van der Waals surface area contributed by atoms with E-state index in [0.29, 0.717) is 17.0 Å². The lowest BCUT2D eigenvalue weighted by atomic mass is 10.1. The number of alkyl halides is 4. The molecular formula is C22H18F4N4O3S. The number of methoxy groups -OCH3 is 1. The number of carbonyl (C=O) groups is 1. The van der Waals surface area contributed by atoms with Crippen LogP contribution in [-0.4, -0.2) is 42.4 Å². The third-order valence-corrected chi connectivity index (χ3v) is 6.04. The number of nitrogens with zero attached hydrogens (tertiary/aromatic N) is 1. The number of amides is 1. The number of hydrogen-bond donors (Lipinski definition) is 3. The van der Waals surface area contributed by atoms with Crippen LogP contribution in [0, 0.1) is 11.8 Å². The number of aromatic nitrogens is 1. The number of hydrogen-bond acceptors (Lipinski definition) is 6. The van der Waals surface area contributed by atoms with Gasteiger partial charge in [0.15, 0.2) is 0 Å². The van der Waals surface area contributed by atoms with Crippen LogP contribution in [-0.2, 0) is 0 Å². The fraction of sp³-hybridized carbons (Fsp3) is 0.227. The molecule has 0 spiro atoms. The predicted molar refractivity (Wildman–Crippen MR) is 120 cm³/mol. The van der Waals surface area contributed by atoms with Crippen LogP contribution >= 0.6 is 11.8 Å². The number of nitrogens with two attached hydrogens (primary N) is 1. The van der Waals surface area contributed by atoms with E-state index in [0.717, 1.165) is 10.5 Å². The normalized spacial score (nSPS) is 15.5. The number of pyridine rings is 1. The summed E-state index contributed by atoms with van der Waals surface area (Å²) in [4.78, 5) is 11.8. The molecule has 4 N–H and O–H groups in total. The molecule has 34 heavy (non-hydrogen) atoms. The maximum atomic E-state index is 14.2. The highest BCUT2D eigenvalue weighted by Gasteiger charge is 2.62. The van der Waals surface area contributed by atoms with Gasteiger partial charge in [0.2, 0.25) is 5.88 Å². The van der Waals surface area contributed by atoms with Crippen molar-refractivity contribution in [2.45, 2.75) is 16.4 Å². The molecule has 178 valence electrons. The predicted octanol–water partition coefficient (Wildman–Crippen LogP) is 4.02. The zero-order valence-electron chi connectivity index (χ0n) is 17.8. The van der Waals surface area contributed by atoms with Crippen molar-refractivity contribution in [3.05, 3.63) is 47.5 Å². The minimum Gasteiger partial charge on any atom is -0.495 e. The summed E-state index contributed by atoms with van der Waals surface area (Å²) in [5, 5.41) is 0.773. The van der Waals surface area contributed by atoms with Crippen molar-refractivity contribution >= 4 is 34.6 Å². The van der Waals surface area contributed by atoms with E-state index in [1.165, 1.54) is 26.3 Å². The number of anilines is 2. The van der Waals surface area contributed by atoms with E-state index in [1.807, 2.05) is 0 Å². The zero-order valence-corrected chi connectivity index (χ0v) is 18.7. The summed E-state index contributed by atoms with van der Waals surface area (Å²) in [7, 11) is 2.95. The molecule has 3 heterocycles. The third kappa shape index (κ3) is 4.03. The van der Waals surface area contributed by atoms with Crippen molar-refractivity contribution in [3.63, 3.8) is 0 Å². The molecule has 4 rings (SSSR count). The first-order chi connectivity index (χ1) is 16.1. The number of nitrogens with one attached hydrogen (secondary N) is 2. The van der Waals surface area contributed by atoms with Crippen LogP contribution in [0.2, 0.25) is 0 Å². The number of rotatable bonds is 4. The molecule has 7 nitrogen and oxygen atoms in total. The Kier molecular flexibility index (Phi) is 5.91. The van der Waals surface area contributed by atoms with Gasteiger partial charge in [0.05, 0.1) is 36.1 Å². The number of thioether (sulfide) groups is 1. The van der Waals surface area contributed by atoms with Gasteiger partial charge in [-0.25, -0.2) is 0 Å². The third-order valence-electron chi connectivity index (χ3n) is 4.95. The molecule has 0 unspecified atom stereocenters. The van der Waals surface area contributed by atoms with E-state index >= 15 is 0 Å². The van der Waals surface area contributed by atoms with Crippen molar-refractivity contribution in [1.29, 1.82) is 0 Å². The molecule has 0 fully saturated rings. The van der Waals surface area contributed by atoms with Gasteiger partial charge < -0.3 is 25.8 Å². The molecule has 0 bridgehead atoms. The van der Waals surface area contributed by atoms with E-state index < -0.39 is 17.2 Å². The van der Waals surface area contributed by atoms with Gasteiger partial charge >= 0.3 is 11.4 Å².